The number of amides is 3. The maximum atomic E-state index is 11.7. The standard InChI is InChI=1S/C19H20N2O5/c1-13(18(23)21-19(24)20-2)26-17(22)12-25-16-10-8-15(9-11-16)14-6-4-3-5-7-14/h3-11,13H,12H2,1-2H3,(H2,20,21,23,24)/t13-/m0/s1. The predicted molar refractivity (Wildman–Crippen MR) is 95.5 cm³/mol. The highest BCUT2D eigenvalue weighted by atomic mass is 16.6. The first-order valence-corrected chi connectivity index (χ1v) is 8.00. The number of carbonyl (C=O) groups excluding carboxylic acids is 3. The number of imide groups is 1. The lowest BCUT2D eigenvalue weighted by Gasteiger charge is -2.13. The van der Waals surface area contributed by atoms with Crippen molar-refractivity contribution >= 4 is 17.9 Å². The highest BCUT2D eigenvalue weighted by Gasteiger charge is 2.19. The molecule has 0 aliphatic heterocycles. The van der Waals surface area contributed by atoms with Gasteiger partial charge < -0.3 is 14.8 Å². The van der Waals surface area contributed by atoms with E-state index < -0.39 is 24.0 Å². The molecule has 0 saturated heterocycles. The number of hydrogen-bond acceptors (Lipinski definition) is 5. The average molecular weight is 356 g/mol. The van der Waals surface area contributed by atoms with Crippen LogP contribution in [0.15, 0.2) is 54.6 Å². The van der Waals surface area contributed by atoms with Crippen molar-refractivity contribution in [3.05, 3.63) is 54.6 Å². The van der Waals surface area contributed by atoms with Crippen LogP contribution in [0.1, 0.15) is 6.92 Å². The largest absolute Gasteiger partial charge is 0.482 e. The summed E-state index contributed by atoms with van der Waals surface area (Å²) in [5, 5.41) is 4.25. The lowest BCUT2D eigenvalue weighted by molar-refractivity contribution is -0.156. The molecule has 0 aromatic heterocycles. The Balaban J connectivity index is 1.82. The van der Waals surface area contributed by atoms with E-state index in [4.69, 9.17) is 9.47 Å². The summed E-state index contributed by atoms with van der Waals surface area (Å²) in [5.41, 5.74) is 2.11. The molecular formula is C19H20N2O5. The molecule has 0 heterocycles. The van der Waals surface area contributed by atoms with Gasteiger partial charge in [-0.05, 0) is 30.2 Å². The van der Waals surface area contributed by atoms with Gasteiger partial charge in [0.1, 0.15) is 5.75 Å². The SMILES string of the molecule is CNC(=O)NC(=O)[C@H](C)OC(=O)COc1ccc(-c2ccccc2)cc1. The van der Waals surface area contributed by atoms with Crippen LogP contribution in [0.4, 0.5) is 4.79 Å². The monoisotopic (exact) mass is 356 g/mol. The van der Waals surface area contributed by atoms with Crippen LogP contribution < -0.4 is 15.4 Å². The van der Waals surface area contributed by atoms with Crippen LogP contribution in [0.2, 0.25) is 0 Å². The second kappa shape index (κ2) is 9.22. The van der Waals surface area contributed by atoms with Gasteiger partial charge in [-0.25, -0.2) is 9.59 Å². The highest BCUT2D eigenvalue weighted by Crippen LogP contribution is 2.22. The van der Waals surface area contributed by atoms with E-state index in [2.05, 4.69) is 5.32 Å². The van der Waals surface area contributed by atoms with Gasteiger partial charge >= 0.3 is 12.0 Å². The maximum absolute atomic E-state index is 11.7. The van der Waals surface area contributed by atoms with Gasteiger partial charge in [0.05, 0.1) is 0 Å². The second-order valence-electron chi connectivity index (χ2n) is 5.38. The molecule has 0 radical (unpaired) electrons. The molecule has 2 N–H and O–H groups in total. The van der Waals surface area contributed by atoms with Gasteiger partial charge in [0.2, 0.25) is 0 Å². The molecule has 26 heavy (non-hydrogen) atoms. The molecule has 2 aromatic rings. The van der Waals surface area contributed by atoms with E-state index in [0.29, 0.717) is 5.75 Å². The minimum Gasteiger partial charge on any atom is -0.482 e. The van der Waals surface area contributed by atoms with Crippen LogP contribution in [0.5, 0.6) is 5.75 Å². The molecule has 2 aromatic carbocycles. The molecule has 0 fully saturated rings. The predicted octanol–water partition coefficient (Wildman–Crippen LogP) is 2.12. The van der Waals surface area contributed by atoms with Crippen molar-refractivity contribution < 1.29 is 23.9 Å². The Labute approximate surface area is 151 Å². The Hall–Kier alpha value is -3.35. The fourth-order valence-electron chi connectivity index (χ4n) is 2.08. The summed E-state index contributed by atoms with van der Waals surface area (Å²) in [6.45, 7) is 1.02. The number of carbonyl (C=O) groups is 3. The number of urea groups is 1. The van der Waals surface area contributed by atoms with Gasteiger partial charge in [0.15, 0.2) is 12.7 Å². The van der Waals surface area contributed by atoms with Gasteiger partial charge in [-0.15, -0.1) is 0 Å². The Morgan fingerprint density at radius 2 is 1.58 bits per heavy atom. The van der Waals surface area contributed by atoms with Crippen LogP contribution in [-0.4, -0.2) is 37.7 Å². The van der Waals surface area contributed by atoms with E-state index in [-0.39, 0.29) is 6.61 Å². The molecule has 1 atom stereocenters. The molecule has 7 heteroatoms. The van der Waals surface area contributed by atoms with E-state index in [1.807, 2.05) is 47.8 Å². The second-order valence-corrected chi connectivity index (χ2v) is 5.38. The topological polar surface area (TPSA) is 93.7 Å². The number of ether oxygens (including phenoxy) is 2. The third-order valence-electron chi connectivity index (χ3n) is 3.46. The number of esters is 1. The summed E-state index contributed by atoms with van der Waals surface area (Å²) in [4.78, 5) is 34.4. The first-order chi connectivity index (χ1) is 12.5. The third kappa shape index (κ3) is 5.62. The molecule has 0 aliphatic rings. The average Bonchev–Trinajstić information content (AvgIpc) is 2.67. The van der Waals surface area contributed by atoms with Crippen LogP contribution in [0, 0.1) is 0 Å². The minimum absolute atomic E-state index is 0.345. The van der Waals surface area contributed by atoms with E-state index in [1.54, 1.807) is 12.1 Å². The molecule has 0 aliphatic carbocycles. The first kappa shape index (κ1) is 19.0. The summed E-state index contributed by atoms with van der Waals surface area (Å²) < 4.78 is 10.3. The zero-order valence-corrected chi connectivity index (χ0v) is 14.5. The lowest BCUT2D eigenvalue weighted by atomic mass is 10.1. The summed E-state index contributed by atoms with van der Waals surface area (Å²) in [5.74, 6) is -0.925. The Bertz CT molecular complexity index is 759. The van der Waals surface area contributed by atoms with Crippen molar-refractivity contribution in [2.75, 3.05) is 13.7 Å². The first-order valence-electron chi connectivity index (χ1n) is 8.00. The highest BCUT2D eigenvalue weighted by molar-refractivity contribution is 5.97. The Kier molecular flexibility index (Phi) is 6.73. The van der Waals surface area contributed by atoms with Gasteiger partial charge in [0.25, 0.3) is 5.91 Å². The van der Waals surface area contributed by atoms with Gasteiger partial charge in [0, 0.05) is 7.05 Å². The smallest absolute Gasteiger partial charge is 0.344 e. The zero-order chi connectivity index (χ0) is 18.9. The van der Waals surface area contributed by atoms with Crippen molar-refractivity contribution in [3.8, 4) is 16.9 Å². The number of nitrogens with one attached hydrogen (secondary N) is 2. The van der Waals surface area contributed by atoms with Crippen molar-refractivity contribution in [3.63, 3.8) is 0 Å². The summed E-state index contributed by atoms with van der Waals surface area (Å²) in [6.07, 6.45) is -1.11. The summed E-state index contributed by atoms with van der Waals surface area (Å²) >= 11 is 0. The molecule has 0 spiro atoms. The summed E-state index contributed by atoms with van der Waals surface area (Å²) in [7, 11) is 1.37. The van der Waals surface area contributed by atoms with Crippen molar-refractivity contribution in [1.29, 1.82) is 0 Å². The molecule has 0 saturated carbocycles. The molecule has 7 nitrogen and oxygen atoms in total. The zero-order valence-electron chi connectivity index (χ0n) is 14.5. The quantitative estimate of drug-likeness (QED) is 0.773. The summed E-state index contributed by atoms with van der Waals surface area (Å²) in [6, 6.07) is 16.4. The molecule has 3 amide bonds. The fourth-order valence-corrected chi connectivity index (χ4v) is 2.08. The van der Waals surface area contributed by atoms with Crippen LogP contribution >= 0.6 is 0 Å². The van der Waals surface area contributed by atoms with Crippen molar-refractivity contribution in [1.82, 2.24) is 10.6 Å². The number of benzene rings is 2. The molecule has 0 bridgehead atoms. The lowest BCUT2D eigenvalue weighted by Crippen LogP contribution is -2.43. The van der Waals surface area contributed by atoms with E-state index in [9.17, 15) is 14.4 Å². The molecule has 0 unspecified atom stereocenters. The maximum Gasteiger partial charge on any atom is 0.344 e. The third-order valence-corrected chi connectivity index (χ3v) is 3.46. The molecule has 136 valence electrons. The number of hydrogen-bond donors (Lipinski definition) is 2. The van der Waals surface area contributed by atoms with Crippen LogP contribution in [0.3, 0.4) is 0 Å². The van der Waals surface area contributed by atoms with Gasteiger partial charge in [-0.1, -0.05) is 42.5 Å². The van der Waals surface area contributed by atoms with Crippen LogP contribution in [-0.2, 0) is 14.3 Å². The Morgan fingerprint density at radius 3 is 2.19 bits per heavy atom. The van der Waals surface area contributed by atoms with Crippen LogP contribution in [0.25, 0.3) is 11.1 Å². The number of rotatable bonds is 6. The van der Waals surface area contributed by atoms with E-state index in [0.717, 1.165) is 11.1 Å². The minimum atomic E-state index is -1.11. The van der Waals surface area contributed by atoms with Crippen molar-refractivity contribution in [2.24, 2.45) is 0 Å². The van der Waals surface area contributed by atoms with Gasteiger partial charge in [-0.3, -0.25) is 10.1 Å². The van der Waals surface area contributed by atoms with Crippen molar-refractivity contribution in [2.45, 2.75) is 13.0 Å². The van der Waals surface area contributed by atoms with Gasteiger partial charge in [-0.2, -0.15) is 0 Å². The van der Waals surface area contributed by atoms with E-state index in [1.165, 1.54) is 14.0 Å². The fraction of sp³-hybridized carbons (Fsp3) is 0.211. The Morgan fingerprint density at radius 1 is 0.962 bits per heavy atom. The molecule has 2 rings (SSSR count). The molecular weight excluding hydrogens is 336 g/mol. The normalized spacial score (nSPS) is 11.2. The van der Waals surface area contributed by atoms with E-state index >= 15 is 0 Å².